The highest BCUT2D eigenvalue weighted by molar-refractivity contribution is 5.96. The zero-order valence-electron chi connectivity index (χ0n) is 13.9. The molecule has 0 atom stereocenters. The lowest BCUT2D eigenvalue weighted by Crippen LogP contribution is -2.22. The Kier molecular flexibility index (Phi) is 5.97. The molecule has 7 nitrogen and oxygen atoms in total. The number of halogens is 2. The molecule has 0 aliphatic carbocycles. The number of nitrogens with zero attached hydrogens (tertiary/aromatic N) is 2. The van der Waals surface area contributed by atoms with E-state index in [1.165, 1.54) is 43.9 Å². The van der Waals surface area contributed by atoms with Gasteiger partial charge in [-0.1, -0.05) is 0 Å². The minimum Gasteiger partial charge on any atom is -0.497 e. The summed E-state index contributed by atoms with van der Waals surface area (Å²) in [5, 5.41) is 13.1. The highest BCUT2D eigenvalue weighted by atomic mass is 19.1. The Labute approximate surface area is 147 Å². The number of amides is 2. The average molecular weight is 363 g/mol. The fourth-order valence-electron chi connectivity index (χ4n) is 2.01. The summed E-state index contributed by atoms with van der Waals surface area (Å²) >= 11 is 0. The van der Waals surface area contributed by atoms with Crippen LogP contribution < -0.4 is 10.2 Å². The van der Waals surface area contributed by atoms with Crippen LogP contribution in [0.5, 0.6) is 5.75 Å². The fourth-order valence-corrected chi connectivity index (χ4v) is 2.01. The number of methoxy groups -OCH3 is 1. The van der Waals surface area contributed by atoms with Gasteiger partial charge in [0, 0.05) is 24.2 Å². The summed E-state index contributed by atoms with van der Waals surface area (Å²) in [5.74, 6) is -2.90. The van der Waals surface area contributed by atoms with Gasteiger partial charge in [-0.15, -0.1) is 0 Å². The molecule has 136 valence electrons. The number of ether oxygens (including phenoxy) is 1. The maximum Gasteiger partial charge on any atom is 0.276 e. The number of hydroxylamine groups is 1. The number of hydrogen-bond acceptors (Lipinski definition) is 5. The molecule has 2 N–H and O–H groups in total. The van der Waals surface area contributed by atoms with Crippen molar-refractivity contribution < 1.29 is 28.3 Å². The third-order valence-electron chi connectivity index (χ3n) is 3.43. The van der Waals surface area contributed by atoms with E-state index in [-0.39, 0.29) is 22.4 Å². The molecule has 0 aliphatic heterocycles. The number of benzene rings is 2. The second kappa shape index (κ2) is 8.17. The van der Waals surface area contributed by atoms with Gasteiger partial charge in [-0.05, 0) is 30.3 Å². The van der Waals surface area contributed by atoms with Crippen molar-refractivity contribution in [2.24, 2.45) is 5.10 Å². The Morgan fingerprint density at radius 1 is 1.19 bits per heavy atom. The smallest absolute Gasteiger partial charge is 0.276 e. The molecular formula is C17H15F2N3O4. The monoisotopic (exact) mass is 363 g/mol. The highest BCUT2D eigenvalue weighted by Crippen LogP contribution is 2.17. The lowest BCUT2D eigenvalue weighted by atomic mass is 10.1. The van der Waals surface area contributed by atoms with Crippen LogP contribution in [0.15, 0.2) is 41.5 Å². The molecule has 26 heavy (non-hydrogen) atoms. The molecule has 9 heteroatoms. The van der Waals surface area contributed by atoms with Gasteiger partial charge in [0.15, 0.2) is 0 Å². The Hall–Kier alpha value is -3.33. The van der Waals surface area contributed by atoms with E-state index in [9.17, 15) is 18.4 Å². The first-order valence-corrected chi connectivity index (χ1v) is 7.27. The minimum absolute atomic E-state index is 0.00524. The Bertz CT molecular complexity index is 871. The topological polar surface area (TPSA) is 91.2 Å². The molecule has 2 rings (SSSR count). The van der Waals surface area contributed by atoms with Crippen LogP contribution in [0, 0.1) is 11.6 Å². The summed E-state index contributed by atoms with van der Waals surface area (Å²) in [5.41, 5.74) is 1.07. The van der Waals surface area contributed by atoms with Gasteiger partial charge in [-0.2, -0.15) is 5.10 Å². The van der Waals surface area contributed by atoms with E-state index >= 15 is 0 Å². The second-order valence-electron chi connectivity index (χ2n) is 5.10. The van der Waals surface area contributed by atoms with Gasteiger partial charge in [0.2, 0.25) is 0 Å². The lowest BCUT2D eigenvalue weighted by molar-refractivity contribution is 0.0705. The van der Waals surface area contributed by atoms with Crippen molar-refractivity contribution in [3.8, 4) is 5.75 Å². The Morgan fingerprint density at radius 3 is 2.50 bits per heavy atom. The van der Waals surface area contributed by atoms with E-state index in [2.05, 4.69) is 5.10 Å². The van der Waals surface area contributed by atoms with Gasteiger partial charge in [0.1, 0.15) is 17.4 Å². The van der Waals surface area contributed by atoms with E-state index in [1.807, 2.05) is 0 Å². The summed E-state index contributed by atoms with van der Waals surface area (Å²) in [4.78, 5) is 23.4. The van der Waals surface area contributed by atoms with Crippen LogP contribution in [0.1, 0.15) is 26.3 Å². The molecule has 0 saturated carbocycles. The van der Waals surface area contributed by atoms with Crippen molar-refractivity contribution in [1.29, 1.82) is 0 Å². The molecule has 2 aromatic rings. The van der Waals surface area contributed by atoms with Crippen LogP contribution in [0.2, 0.25) is 0 Å². The van der Waals surface area contributed by atoms with E-state index in [4.69, 9.17) is 9.94 Å². The normalized spacial score (nSPS) is 10.7. The predicted molar refractivity (Wildman–Crippen MR) is 88.3 cm³/mol. The first kappa shape index (κ1) is 19.0. The molecule has 0 aliphatic rings. The van der Waals surface area contributed by atoms with Crippen LogP contribution in [0.25, 0.3) is 0 Å². The lowest BCUT2D eigenvalue weighted by Gasteiger charge is -2.12. The van der Waals surface area contributed by atoms with Crippen molar-refractivity contribution in [2.45, 2.75) is 0 Å². The van der Waals surface area contributed by atoms with Gasteiger partial charge in [-0.25, -0.2) is 19.3 Å². The third-order valence-corrected chi connectivity index (χ3v) is 3.43. The second-order valence-corrected chi connectivity index (χ2v) is 5.10. The first-order chi connectivity index (χ1) is 12.4. The Morgan fingerprint density at radius 2 is 1.92 bits per heavy atom. The maximum absolute atomic E-state index is 13.9. The van der Waals surface area contributed by atoms with Gasteiger partial charge < -0.3 is 4.74 Å². The number of rotatable bonds is 5. The van der Waals surface area contributed by atoms with Gasteiger partial charge >= 0.3 is 0 Å². The summed E-state index contributed by atoms with van der Waals surface area (Å²) in [7, 11) is 2.66. The maximum atomic E-state index is 13.9. The van der Waals surface area contributed by atoms with E-state index < -0.39 is 23.4 Å². The molecular weight excluding hydrogens is 348 g/mol. The fraction of sp³-hybridized carbons (Fsp3) is 0.118. The van der Waals surface area contributed by atoms with Crippen LogP contribution in [0.3, 0.4) is 0 Å². The summed E-state index contributed by atoms with van der Waals surface area (Å²) in [6, 6.07) is 7.16. The van der Waals surface area contributed by atoms with Crippen LogP contribution in [-0.2, 0) is 0 Å². The molecule has 0 bridgehead atoms. The summed E-state index contributed by atoms with van der Waals surface area (Å²) in [6.07, 6.45) is 1.05. The van der Waals surface area contributed by atoms with E-state index in [1.54, 1.807) is 0 Å². The predicted octanol–water partition coefficient (Wildman–Crippen LogP) is 2.20. The van der Waals surface area contributed by atoms with Crippen LogP contribution in [-0.4, -0.2) is 42.4 Å². The molecule has 0 radical (unpaired) electrons. The van der Waals surface area contributed by atoms with E-state index in [0.29, 0.717) is 0 Å². The first-order valence-electron chi connectivity index (χ1n) is 7.27. The van der Waals surface area contributed by atoms with Crippen molar-refractivity contribution in [3.05, 3.63) is 64.7 Å². The zero-order chi connectivity index (χ0) is 19.3. The molecule has 0 saturated heterocycles. The number of carbonyl (C=O) groups is 2. The molecule has 0 spiro atoms. The standard InChI is InChI=1S/C17H15F2N3O4/c1-22(17(24)13-6-5-12(26-2)8-15(13)19)20-9-11-4-3-10(7-14(11)18)16(23)21-25/h3-9,25H,1-2H3,(H,21,23)/b20-9+. The van der Waals surface area contributed by atoms with Gasteiger partial charge in [-0.3, -0.25) is 14.8 Å². The SMILES string of the molecule is COc1ccc(C(=O)N(C)/N=C/c2ccc(C(=O)NO)cc2F)c(F)c1. The molecule has 0 unspecified atom stereocenters. The summed E-state index contributed by atoms with van der Waals surface area (Å²) < 4.78 is 32.7. The molecule has 2 aromatic carbocycles. The van der Waals surface area contributed by atoms with Crippen LogP contribution >= 0.6 is 0 Å². The number of hydrazone groups is 1. The quantitative estimate of drug-likeness (QED) is 0.484. The average Bonchev–Trinajstić information content (AvgIpc) is 2.65. The third kappa shape index (κ3) is 4.19. The largest absolute Gasteiger partial charge is 0.497 e. The van der Waals surface area contributed by atoms with Crippen molar-refractivity contribution >= 4 is 18.0 Å². The highest BCUT2D eigenvalue weighted by Gasteiger charge is 2.16. The van der Waals surface area contributed by atoms with Crippen molar-refractivity contribution in [3.63, 3.8) is 0 Å². The molecule has 0 fully saturated rings. The van der Waals surface area contributed by atoms with Gasteiger partial charge in [0.25, 0.3) is 11.8 Å². The number of hydrogen-bond donors (Lipinski definition) is 2. The Balaban J connectivity index is 2.17. The van der Waals surface area contributed by atoms with Crippen LogP contribution in [0.4, 0.5) is 8.78 Å². The number of nitrogens with one attached hydrogen (secondary N) is 1. The van der Waals surface area contributed by atoms with Gasteiger partial charge in [0.05, 0.1) is 18.9 Å². The molecule has 2 amide bonds. The minimum atomic E-state index is -0.866. The van der Waals surface area contributed by atoms with Crippen molar-refractivity contribution in [1.82, 2.24) is 10.5 Å². The number of carbonyl (C=O) groups excluding carboxylic acids is 2. The van der Waals surface area contributed by atoms with Crippen molar-refractivity contribution in [2.75, 3.05) is 14.2 Å². The molecule has 0 aromatic heterocycles. The zero-order valence-corrected chi connectivity index (χ0v) is 13.9. The molecule has 0 heterocycles. The summed E-state index contributed by atoms with van der Waals surface area (Å²) in [6.45, 7) is 0. The van der Waals surface area contributed by atoms with E-state index in [0.717, 1.165) is 23.4 Å².